The Morgan fingerprint density at radius 1 is 0.897 bits per heavy atom. The molecule has 0 radical (unpaired) electrons. The van der Waals surface area contributed by atoms with E-state index in [0.717, 1.165) is 42.4 Å². The van der Waals surface area contributed by atoms with Crippen molar-refractivity contribution >= 4 is 0 Å². The van der Waals surface area contributed by atoms with Gasteiger partial charge in [0.1, 0.15) is 5.75 Å². The third-order valence-electron chi connectivity index (χ3n) is 4.93. The lowest BCUT2D eigenvalue weighted by molar-refractivity contribution is 0.173. The van der Waals surface area contributed by atoms with Crippen molar-refractivity contribution in [2.45, 2.75) is 33.5 Å². The van der Waals surface area contributed by atoms with Crippen molar-refractivity contribution in [3.63, 3.8) is 0 Å². The van der Waals surface area contributed by atoms with Gasteiger partial charge in [-0.1, -0.05) is 29.8 Å². The van der Waals surface area contributed by atoms with Crippen LogP contribution in [0.15, 0.2) is 60.9 Å². The Balaban J connectivity index is 1.61. The van der Waals surface area contributed by atoms with Gasteiger partial charge >= 0.3 is 0 Å². The maximum atomic E-state index is 5.91. The van der Waals surface area contributed by atoms with E-state index in [9.17, 15) is 0 Å². The first-order valence-electron chi connectivity index (χ1n) is 9.93. The van der Waals surface area contributed by atoms with Gasteiger partial charge in [0, 0.05) is 43.7 Å². The van der Waals surface area contributed by atoms with E-state index in [4.69, 9.17) is 14.2 Å². The summed E-state index contributed by atoms with van der Waals surface area (Å²) in [6.07, 6.45) is 3.68. The van der Waals surface area contributed by atoms with Crippen molar-refractivity contribution in [1.82, 2.24) is 9.88 Å². The number of fused-ring (bicyclic) bond motifs is 1. The standard InChI is InChI=1S/C24H26N2O3/c1-3-27-22-13-24-23(28-17-29-24)12-21(22)16-26(15-20-8-10-25-11-9-20)14-19-6-4-18(2)5-7-19/h4-13H,3,14-17H2,1-2H3. The SMILES string of the molecule is CCOc1cc2c(cc1CN(Cc1ccncc1)Cc1ccc(C)cc1)OCO2. The zero-order valence-electron chi connectivity index (χ0n) is 16.9. The first-order chi connectivity index (χ1) is 14.2. The van der Waals surface area contributed by atoms with E-state index >= 15 is 0 Å². The largest absolute Gasteiger partial charge is 0.493 e. The molecule has 29 heavy (non-hydrogen) atoms. The van der Waals surface area contributed by atoms with Gasteiger partial charge in [-0.05, 0) is 43.2 Å². The molecule has 0 saturated heterocycles. The Morgan fingerprint density at radius 2 is 1.55 bits per heavy atom. The van der Waals surface area contributed by atoms with E-state index in [1.807, 2.05) is 31.5 Å². The summed E-state index contributed by atoms with van der Waals surface area (Å²) in [7, 11) is 0. The molecule has 2 aromatic carbocycles. The monoisotopic (exact) mass is 390 g/mol. The van der Waals surface area contributed by atoms with Crippen LogP contribution in [-0.2, 0) is 19.6 Å². The van der Waals surface area contributed by atoms with Crippen LogP contribution in [-0.4, -0.2) is 23.3 Å². The molecule has 1 aliphatic heterocycles. The number of hydrogen-bond donors (Lipinski definition) is 0. The number of aryl methyl sites for hydroxylation is 1. The number of hydrogen-bond acceptors (Lipinski definition) is 5. The smallest absolute Gasteiger partial charge is 0.231 e. The molecule has 1 aliphatic rings. The van der Waals surface area contributed by atoms with E-state index in [2.05, 4.69) is 53.2 Å². The third kappa shape index (κ3) is 4.87. The average molecular weight is 390 g/mol. The number of aromatic nitrogens is 1. The Hall–Kier alpha value is -3.05. The van der Waals surface area contributed by atoms with Crippen LogP contribution in [0.25, 0.3) is 0 Å². The Morgan fingerprint density at radius 3 is 2.24 bits per heavy atom. The van der Waals surface area contributed by atoms with Crippen molar-refractivity contribution < 1.29 is 14.2 Å². The highest BCUT2D eigenvalue weighted by molar-refractivity contribution is 5.52. The molecule has 0 N–H and O–H groups in total. The van der Waals surface area contributed by atoms with Crippen molar-refractivity contribution in [3.8, 4) is 17.2 Å². The molecule has 0 amide bonds. The van der Waals surface area contributed by atoms with E-state index in [-0.39, 0.29) is 6.79 Å². The van der Waals surface area contributed by atoms with Crippen LogP contribution in [0.2, 0.25) is 0 Å². The van der Waals surface area contributed by atoms with E-state index in [0.29, 0.717) is 6.61 Å². The number of ether oxygens (including phenoxy) is 3. The zero-order valence-corrected chi connectivity index (χ0v) is 16.9. The highest BCUT2D eigenvalue weighted by Gasteiger charge is 2.20. The predicted octanol–water partition coefficient (Wildman–Crippen LogP) is 4.72. The van der Waals surface area contributed by atoms with Gasteiger partial charge in [-0.15, -0.1) is 0 Å². The molecule has 0 bridgehead atoms. The molecule has 5 heteroatoms. The molecular formula is C24H26N2O3. The van der Waals surface area contributed by atoms with Gasteiger partial charge in [-0.2, -0.15) is 0 Å². The van der Waals surface area contributed by atoms with Gasteiger partial charge in [-0.3, -0.25) is 9.88 Å². The van der Waals surface area contributed by atoms with Gasteiger partial charge < -0.3 is 14.2 Å². The van der Waals surface area contributed by atoms with Crippen molar-refractivity contribution in [2.75, 3.05) is 13.4 Å². The summed E-state index contributed by atoms with van der Waals surface area (Å²) in [5, 5.41) is 0. The summed E-state index contributed by atoms with van der Waals surface area (Å²) in [5.74, 6) is 2.37. The van der Waals surface area contributed by atoms with Crippen LogP contribution in [0.1, 0.15) is 29.2 Å². The maximum absolute atomic E-state index is 5.91. The molecule has 0 atom stereocenters. The normalized spacial score (nSPS) is 12.4. The Kier molecular flexibility index (Phi) is 5.96. The number of nitrogens with zero attached hydrogens (tertiary/aromatic N) is 2. The molecule has 2 heterocycles. The summed E-state index contributed by atoms with van der Waals surface area (Å²) >= 11 is 0. The second-order valence-electron chi connectivity index (χ2n) is 7.23. The second-order valence-corrected chi connectivity index (χ2v) is 7.23. The molecule has 0 spiro atoms. The molecule has 0 saturated carbocycles. The van der Waals surface area contributed by atoms with Crippen LogP contribution in [0, 0.1) is 6.92 Å². The lowest BCUT2D eigenvalue weighted by Crippen LogP contribution is -2.23. The van der Waals surface area contributed by atoms with E-state index in [1.54, 1.807) is 0 Å². The topological polar surface area (TPSA) is 43.8 Å². The van der Waals surface area contributed by atoms with E-state index < -0.39 is 0 Å². The summed E-state index contributed by atoms with van der Waals surface area (Å²) in [6, 6.07) is 16.8. The summed E-state index contributed by atoms with van der Waals surface area (Å²) in [6.45, 7) is 7.36. The minimum atomic E-state index is 0.258. The minimum absolute atomic E-state index is 0.258. The quantitative estimate of drug-likeness (QED) is 0.557. The van der Waals surface area contributed by atoms with Crippen LogP contribution < -0.4 is 14.2 Å². The fourth-order valence-electron chi connectivity index (χ4n) is 3.49. The third-order valence-corrected chi connectivity index (χ3v) is 4.93. The molecule has 5 nitrogen and oxygen atoms in total. The zero-order chi connectivity index (χ0) is 20.1. The lowest BCUT2D eigenvalue weighted by atomic mass is 10.1. The second kappa shape index (κ2) is 8.97. The summed E-state index contributed by atoms with van der Waals surface area (Å²) in [4.78, 5) is 6.54. The van der Waals surface area contributed by atoms with Crippen LogP contribution in [0.5, 0.6) is 17.2 Å². The van der Waals surface area contributed by atoms with Crippen molar-refractivity contribution in [3.05, 3.63) is 83.2 Å². The molecular weight excluding hydrogens is 364 g/mol. The highest BCUT2D eigenvalue weighted by atomic mass is 16.7. The maximum Gasteiger partial charge on any atom is 0.231 e. The Bertz CT molecular complexity index is 942. The van der Waals surface area contributed by atoms with Gasteiger partial charge in [0.25, 0.3) is 0 Å². The fraction of sp³-hybridized carbons (Fsp3) is 0.292. The summed E-state index contributed by atoms with van der Waals surface area (Å²) in [5.41, 5.74) is 4.87. The molecule has 0 aliphatic carbocycles. The first-order valence-corrected chi connectivity index (χ1v) is 9.93. The lowest BCUT2D eigenvalue weighted by Gasteiger charge is -2.24. The molecule has 3 aromatic rings. The fourth-order valence-corrected chi connectivity index (χ4v) is 3.49. The van der Waals surface area contributed by atoms with Crippen LogP contribution in [0.3, 0.4) is 0 Å². The van der Waals surface area contributed by atoms with Gasteiger partial charge in [-0.25, -0.2) is 0 Å². The average Bonchev–Trinajstić information content (AvgIpc) is 3.18. The molecule has 1 aromatic heterocycles. The number of pyridine rings is 1. The Labute approximate surface area is 171 Å². The van der Waals surface area contributed by atoms with Crippen molar-refractivity contribution in [1.29, 1.82) is 0 Å². The molecule has 0 fully saturated rings. The first kappa shape index (κ1) is 19.3. The van der Waals surface area contributed by atoms with Gasteiger partial charge in [0.2, 0.25) is 6.79 Å². The predicted molar refractivity (Wildman–Crippen MR) is 112 cm³/mol. The molecule has 150 valence electrons. The number of benzene rings is 2. The van der Waals surface area contributed by atoms with Gasteiger partial charge in [0.15, 0.2) is 11.5 Å². The highest BCUT2D eigenvalue weighted by Crippen LogP contribution is 2.39. The van der Waals surface area contributed by atoms with Crippen molar-refractivity contribution in [2.24, 2.45) is 0 Å². The van der Waals surface area contributed by atoms with Gasteiger partial charge in [0.05, 0.1) is 6.61 Å². The van der Waals surface area contributed by atoms with Crippen LogP contribution >= 0.6 is 0 Å². The summed E-state index contributed by atoms with van der Waals surface area (Å²) < 4.78 is 17.0. The van der Waals surface area contributed by atoms with Crippen LogP contribution in [0.4, 0.5) is 0 Å². The minimum Gasteiger partial charge on any atom is -0.493 e. The molecule has 0 unspecified atom stereocenters. The number of rotatable bonds is 8. The molecule has 4 rings (SSSR count). The van der Waals surface area contributed by atoms with E-state index in [1.165, 1.54) is 16.7 Å².